The molecule has 13 heavy (non-hydrogen) atoms. The Balaban J connectivity index is 0.000000226. The minimum Gasteiger partial charge on any atom is -0.369 e. The van der Waals surface area contributed by atoms with Crippen LogP contribution in [-0.2, 0) is 9.59 Å². The molecule has 0 unspecified atom stereocenters. The zero-order chi connectivity index (χ0) is 10.3. The Morgan fingerprint density at radius 3 is 1.92 bits per heavy atom. The molecule has 2 amide bonds. The van der Waals surface area contributed by atoms with E-state index in [-0.39, 0.29) is 17.8 Å². The lowest BCUT2D eigenvalue weighted by Crippen LogP contribution is -2.21. The fourth-order valence-corrected chi connectivity index (χ4v) is 0.565. The van der Waals surface area contributed by atoms with Gasteiger partial charge < -0.3 is 11.5 Å². The first-order chi connectivity index (χ1) is 6.06. The second-order valence-corrected chi connectivity index (χ2v) is 2.11. The van der Waals surface area contributed by atoms with Crippen molar-refractivity contribution in [3.63, 3.8) is 0 Å². The maximum absolute atomic E-state index is 10.1. The first kappa shape index (κ1) is 10.9. The van der Waals surface area contributed by atoms with E-state index in [0.29, 0.717) is 12.8 Å². The van der Waals surface area contributed by atoms with E-state index in [1.807, 2.05) is 0 Å². The molecule has 0 aromatic rings. The third kappa shape index (κ3) is 6.30. The third-order valence-electron chi connectivity index (χ3n) is 1.04. The predicted molar refractivity (Wildman–Crippen MR) is 43.8 cm³/mol. The summed E-state index contributed by atoms with van der Waals surface area (Å²) in [7, 11) is 0. The Kier molecular flexibility index (Phi) is 4.64. The van der Waals surface area contributed by atoms with Gasteiger partial charge in [-0.25, -0.2) is 0 Å². The van der Waals surface area contributed by atoms with E-state index in [9.17, 15) is 9.59 Å². The van der Waals surface area contributed by atoms with Crippen molar-refractivity contribution in [2.75, 3.05) is 0 Å². The second-order valence-electron chi connectivity index (χ2n) is 2.11. The van der Waals surface area contributed by atoms with Gasteiger partial charge in [0, 0.05) is 12.8 Å². The van der Waals surface area contributed by atoms with Crippen molar-refractivity contribution >= 4 is 17.8 Å². The summed E-state index contributed by atoms with van der Waals surface area (Å²) in [4.78, 5) is 23.1. The van der Waals surface area contributed by atoms with E-state index in [1.54, 1.807) is 0 Å². The first-order valence-electron chi connectivity index (χ1n) is 3.36. The highest BCUT2D eigenvalue weighted by molar-refractivity contribution is 6.01. The average molecular weight is 183 g/mol. The number of hydrogen-bond acceptors (Lipinski definition) is 4. The van der Waals surface area contributed by atoms with Crippen LogP contribution in [0, 0.1) is 11.5 Å². The number of nitrogens with zero attached hydrogens (tertiary/aromatic N) is 2. The van der Waals surface area contributed by atoms with Crippen molar-refractivity contribution < 1.29 is 9.59 Å². The van der Waals surface area contributed by atoms with E-state index in [0.717, 1.165) is 0 Å². The molecular formula is C6H9N5O2. The number of rotatable bonds is 0. The van der Waals surface area contributed by atoms with Crippen molar-refractivity contribution in [3.05, 3.63) is 0 Å². The fourth-order valence-electron chi connectivity index (χ4n) is 0.565. The molecule has 0 aromatic carbocycles. The monoisotopic (exact) mass is 183 g/mol. The number of nitriles is 1. The Morgan fingerprint density at radius 2 is 1.85 bits per heavy atom. The van der Waals surface area contributed by atoms with E-state index in [2.05, 4.69) is 10.3 Å². The van der Waals surface area contributed by atoms with Crippen LogP contribution in [0.15, 0.2) is 4.99 Å². The van der Waals surface area contributed by atoms with Crippen molar-refractivity contribution in [2.45, 2.75) is 12.8 Å². The third-order valence-corrected chi connectivity index (χ3v) is 1.04. The van der Waals surface area contributed by atoms with E-state index in [1.165, 1.54) is 6.19 Å². The van der Waals surface area contributed by atoms with Gasteiger partial charge in [0.05, 0.1) is 0 Å². The molecule has 0 atom stereocenters. The number of aliphatic imine (C=N–C) groups is 1. The van der Waals surface area contributed by atoms with Crippen LogP contribution in [0.25, 0.3) is 0 Å². The van der Waals surface area contributed by atoms with Crippen LogP contribution in [0.2, 0.25) is 0 Å². The summed E-state index contributed by atoms with van der Waals surface area (Å²) in [6.45, 7) is 0. The molecule has 1 aliphatic rings. The summed E-state index contributed by atoms with van der Waals surface area (Å²) in [5.74, 6) is -0.493. The Hall–Kier alpha value is -2.10. The van der Waals surface area contributed by atoms with Gasteiger partial charge in [0.2, 0.25) is 24.0 Å². The smallest absolute Gasteiger partial charge is 0.227 e. The normalized spacial score (nSPS) is 13.5. The van der Waals surface area contributed by atoms with Gasteiger partial charge in [0.25, 0.3) is 0 Å². The number of carbonyl (C=O) groups excluding carboxylic acids is 2. The van der Waals surface area contributed by atoms with Crippen LogP contribution in [0.5, 0.6) is 0 Å². The van der Waals surface area contributed by atoms with Crippen molar-refractivity contribution in [1.29, 1.82) is 5.26 Å². The van der Waals surface area contributed by atoms with Crippen LogP contribution in [-0.4, -0.2) is 17.8 Å². The molecule has 1 aliphatic heterocycles. The van der Waals surface area contributed by atoms with Crippen LogP contribution < -0.4 is 16.8 Å². The highest BCUT2D eigenvalue weighted by Crippen LogP contribution is 1.95. The molecular weight excluding hydrogens is 174 g/mol. The molecule has 5 N–H and O–H groups in total. The molecule has 1 fully saturated rings. The van der Waals surface area contributed by atoms with E-state index in [4.69, 9.17) is 16.7 Å². The standard InChI is InChI=1S/C4H5NO2.C2H4N4/c6-3-1-2-4(7)5-3;3-1-6-2(4)5/h1-2H2,(H,5,6,7);(H4,4,5,6). The summed E-state index contributed by atoms with van der Waals surface area (Å²) in [6.07, 6.45) is 2.15. The van der Waals surface area contributed by atoms with Gasteiger partial charge in [0.1, 0.15) is 0 Å². The lowest BCUT2D eigenvalue weighted by atomic mass is 10.4. The zero-order valence-electron chi connectivity index (χ0n) is 6.78. The molecule has 1 heterocycles. The van der Waals surface area contributed by atoms with Gasteiger partial charge in [0.15, 0.2) is 0 Å². The number of nitrogens with one attached hydrogen (secondary N) is 1. The number of imide groups is 1. The zero-order valence-corrected chi connectivity index (χ0v) is 6.78. The first-order valence-corrected chi connectivity index (χ1v) is 3.36. The van der Waals surface area contributed by atoms with E-state index >= 15 is 0 Å². The van der Waals surface area contributed by atoms with Crippen LogP contribution in [0.4, 0.5) is 0 Å². The van der Waals surface area contributed by atoms with Gasteiger partial charge in [-0.3, -0.25) is 14.9 Å². The summed E-state index contributed by atoms with van der Waals surface area (Å²) in [5.41, 5.74) is 9.42. The lowest BCUT2D eigenvalue weighted by Gasteiger charge is -1.79. The van der Waals surface area contributed by atoms with Crippen molar-refractivity contribution in [3.8, 4) is 6.19 Å². The Bertz CT molecular complexity index is 259. The fraction of sp³-hybridized carbons (Fsp3) is 0.333. The Labute approximate surface area is 74.4 Å². The lowest BCUT2D eigenvalue weighted by molar-refractivity contribution is -0.124. The quantitative estimate of drug-likeness (QED) is 0.175. The molecule has 0 bridgehead atoms. The van der Waals surface area contributed by atoms with Gasteiger partial charge in [-0.05, 0) is 0 Å². The van der Waals surface area contributed by atoms with Crippen LogP contribution >= 0.6 is 0 Å². The van der Waals surface area contributed by atoms with Gasteiger partial charge in [-0.1, -0.05) is 0 Å². The Morgan fingerprint density at radius 1 is 1.38 bits per heavy atom. The second kappa shape index (κ2) is 5.54. The van der Waals surface area contributed by atoms with Crippen molar-refractivity contribution in [1.82, 2.24) is 5.32 Å². The van der Waals surface area contributed by atoms with Gasteiger partial charge >= 0.3 is 0 Å². The summed E-state index contributed by atoms with van der Waals surface area (Å²) in [6, 6.07) is 0. The van der Waals surface area contributed by atoms with Gasteiger partial charge in [-0.2, -0.15) is 5.26 Å². The molecule has 1 rings (SSSR count). The number of guanidine groups is 1. The molecule has 0 radical (unpaired) electrons. The highest BCUT2D eigenvalue weighted by Gasteiger charge is 2.15. The maximum Gasteiger partial charge on any atom is 0.227 e. The molecule has 0 aliphatic carbocycles. The molecule has 7 nitrogen and oxygen atoms in total. The predicted octanol–water partition coefficient (Wildman–Crippen LogP) is -1.84. The minimum atomic E-state index is -0.197. The molecule has 1 saturated heterocycles. The molecule has 70 valence electrons. The maximum atomic E-state index is 10.1. The topological polar surface area (TPSA) is 134 Å². The molecule has 0 aromatic heterocycles. The molecule has 0 spiro atoms. The minimum absolute atomic E-state index is 0.148. The van der Waals surface area contributed by atoms with Crippen molar-refractivity contribution in [2.24, 2.45) is 16.5 Å². The summed E-state index contributed by atoms with van der Waals surface area (Å²) in [5, 5.41) is 9.78. The largest absolute Gasteiger partial charge is 0.369 e. The molecule has 0 saturated carbocycles. The summed E-state index contributed by atoms with van der Waals surface area (Å²) < 4.78 is 0. The van der Waals surface area contributed by atoms with Gasteiger partial charge in [-0.15, -0.1) is 4.99 Å². The molecule has 7 heteroatoms. The summed E-state index contributed by atoms with van der Waals surface area (Å²) >= 11 is 0. The number of amides is 2. The number of carbonyl (C=O) groups is 2. The van der Waals surface area contributed by atoms with Crippen LogP contribution in [0.3, 0.4) is 0 Å². The van der Waals surface area contributed by atoms with Crippen LogP contribution in [0.1, 0.15) is 12.8 Å². The van der Waals surface area contributed by atoms with E-state index < -0.39 is 0 Å². The SMILES string of the molecule is N#CN=C(N)N.O=C1CCC(=O)N1. The average Bonchev–Trinajstić information content (AvgIpc) is 2.35. The highest BCUT2D eigenvalue weighted by atomic mass is 16.2. The number of nitrogens with two attached hydrogens (primary N) is 2. The number of hydrogen-bond donors (Lipinski definition) is 3.